The molecule has 0 spiro atoms. The maximum Gasteiger partial charge on any atom is 0.416 e. The lowest BCUT2D eigenvalue weighted by Crippen LogP contribution is -2.32. The fraction of sp³-hybridized carbons (Fsp3) is 0.400. The number of carbonyl (C=O) groups is 1. The van der Waals surface area contributed by atoms with Crippen LogP contribution in [-0.4, -0.2) is 47.2 Å². The molecule has 0 unspecified atom stereocenters. The van der Waals surface area contributed by atoms with Crippen LogP contribution in [0.5, 0.6) is 0 Å². The Morgan fingerprint density at radius 3 is 2.28 bits per heavy atom. The molecular formula is C10H14N4O2S2. The number of hydrogen-bond acceptors (Lipinski definition) is 7. The van der Waals surface area contributed by atoms with Crippen molar-refractivity contribution >= 4 is 35.6 Å². The summed E-state index contributed by atoms with van der Waals surface area (Å²) in [5, 5.41) is 1.12. The zero-order valence-corrected chi connectivity index (χ0v) is 12.0. The topological polar surface area (TPSA) is 68.2 Å². The van der Waals surface area contributed by atoms with E-state index in [-0.39, 0.29) is 12.5 Å². The van der Waals surface area contributed by atoms with E-state index in [1.807, 2.05) is 12.5 Å². The second-order valence-corrected chi connectivity index (χ2v) is 4.52. The van der Waals surface area contributed by atoms with Crippen LogP contribution in [0.15, 0.2) is 23.0 Å². The number of rotatable bonds is 5. The van der Waals surface area contributed by atoms with Gasteiger partial charge in [-0.15, -0.1) is 6.58 Å². The van der Waals surface area contributed by atoms with Gasteiger partial charge in [-0.25, -0.2) is 9.69 Å². The van der Waals surface area contributed by atoms with Gasteiger partial charge < -0.3 is 4.74 Å². The standard InChI is InChI=1S/C10H14N4O2S2/c1-5-6-14(10(15)16-2)7-11-8(17-3)13-9(12-7)18-4/h5H,1,6H2,2-4H3. The first-order valence-corrected chi connectivity index (χ1v) is 7.41. The Balaban J connectivity index is 3.17. The van der Waals surface area contributed by atoms with Crippen LogP contribution in [0.4, 0.5) is 10.7 Å². The van der Waals surface area contributed by atoms with Crippen LogP contribution < -0.4 is 4.90 Å². The summed E-state index contributed by atoms with van der Waals surface area (Å²) in [4.78, 5) is 25.5. The van der Waals surface area contributed by atoms with Crippen molar-refractivity contribution in [1.82, 2.24) is 15.0 Å². The minimum absolute atomic E-state index is 0.269. The van der Waals surface area contributed by atoms with Crippen molar-refractivity contribution in [3.63, 3.8) is 0 Å². The molecule has 18 heavy (non-hydrogen) atoms. The van der Waals surface area contributed by atoms with Gasteiger partial charge >= 0.3 is 6.09 Å². The summed E-state index contributed by atoms with van der Waals surface area (Å²) >= 11 is 2.77. The zero-order valence-electron chi connectivity index (χ0n) is 10.4. The van der Waals surface area contributed by atoms with Crippen molar-refractivity contribution in [2.75, 3.05) is 31.1 Å². The second-order valence-electron chi connectivity index (χ2n) is 2.98. The van der Waals surface area contributed by atoms with Gasteiger partial charge in [0.15, 0.2) is 10.3 Å². The lowest BCUT2D eigenvalue weighted by atomic mass is 10.5. The van der Waals surface area contributed by atoms with Gasteiger partial charge in [0.1, 0.15) is 0 Å². The van der Waals surface area contributed by atoms with Crippen molar-refractivity contribution in [3.05, 3.63) is 12.7 Å². The minimum Gasteiger partial charge on any atom is -0.452 e. The van der Waals surface area contributed by atoms with Gasteiger partial charge in [0, 0.05) is 0 Å². The first kappa shape index (κ1) is 14.8. The highest BCUT2D eigenvalue weighted by molar-refractivity contribution is 7.99. The monoisotopic (exact) mass is 286 g/mol. The van der Waals surface area contributed by atoms with Crippen LogP contribution in [-0.2, 0) is 4.74 Å². The third kappa shape index (κ3) is 3.61. The van der Waals surface area contributed by atoms with E-state index in [1.54, 1.807) is 6.08 Å². The zero-order chi connectivity index (χ0) is 13.5. The predicted octanol–water partition coefficient (Wildman–Crippen LogP) is 2.07. The number of ether oxygens (including phenoxy) is 1. The molecule has 0 aliphatic carbocycles. The Labute approximate surface area is 114 Å². The van der Waals surface area contributed by atoms with Crippen LogP contribution in [0.1, 0.15) is 0 Å². The lowest BCUT2D eigenvalue weighted by molar-refractivity contribution is 0.179. The first-order chi connectivity index (χ1) is 8.65. The molecule has 98 valence electrons. The number of thioether (sulfide) groups is 2. The van der Waals surface area contributed by atoms with Crippen LogP contribution in [0.2, 0.25) is 0 Å². The van der Waals surface area contributed by atoms with Gasteiger partial charge in [-0.2, -0.15) is 15.0 Å². The molecule has 0 aliphatic rings. The average Bonchev–Trinajstić information content (AvgIpc) is 2.43. The van der Waals surface area contributed by atoms with E-state index in [0.717, 1.165) is 0 Å². The van der Waals surface area contributed by atoms with Crippen molar-refractivity contribution < 1.29 is 9.53 Å². The van der Waals surface area contributed by atoms with E-state index < -0.39 is 6.09 Å². The Kier molecular flexibility index (Phi) is 5.93. The number of aromatic nitrogens is 3. The summed E-state index contributed by atoms with van der Waals surface area (Å²) in [5.74, 6) is 0.269. The Bertz CT molecular complexity index is 420. The van der Waals surface area contributed by atoms with Crippen molar-refractivity contribution in [2.45, 2.75) is 10.3 Å². The van der Waals surface area contributed by atoms with Gasteiger partial charge in [-0.05, 0) is 12.5 Å². The van der Waals surface area contributed by atoms with Crippen molar-refractivity contribution in [2.24, 2.45) is 0 Å². The number of methoxy groups -OCH3 is 1. The number of carbonyl (C=O) groups excluding carboxylic acids is 1. The highest BCUT2D eigenvalue weighted by Crippen LogP contribution is 2.19. The second kappa shape index (κ2) is 7.22. The predicted molar refractivity (Wildman–Crippen MR) is 73.3 cm³/mol. The van der Waals surface area contributed by atoms with Crippen LogP contribution in [0, 0.1) is 0 Å². The number of anilines is 1. The molecule has 0 bridgehead atoms. The normalized spacial score (nSPS) is 9.94. The van der Waals surface area contributed by atoms with Gasteiger partial charge in [0.2, 0.25) is 5.95 Å². The molecule has 1 rings (SSSR count). The Morgan fingerprint density at radius 1 is 1.33 bits per heavy atom. The van der Waals surface area contributed by atoms with Gasteiger partial charge in [-0.3, -0.25) is 0 Å². The Morgan fingerprint density at radius 2 is 1.89 bits per heavy atom. The van der Waals surface area contributed by atoms with Crippen LogP contribution in [0.25, 0.3) is 0 Å². The lowest BCUT2D eigenvalue weighted by Gasteiger charge is -2.17. The van der Waals surface area contributed by atoms with E-state index in [2.05, 4.69) is 21.5 Å². The number of amides is 1. The third-order valence-corrected chi connectivity index (χ3v) is 2.99. The van der Waals surface area contributed by atoms with Gasteiger partial charge in [0.05, 0.1) is 13.7 Å². The van der Waals surface area contributed by atoms with E-state index in [4.69, 9.17) is 4.74 Å². The maximum atomic E-state index is 11.6. The molecule has 6 nitrogen and oxygen atoms in total. The third-order valence-electron chi connectivity index (χ3n) is 1.90. The van der Waals surface area contributed by atoms with Crippen LogP contribution in [0.3, 0.4) is 0 Å². The van der Waals surface area contributed by atoms with Gasteiger partial charge in [-0.1, -0.05) is 29.6 Å². The summed E-state index contributed by atoms with van der Waals surface area (Å²) < 4.78 is 4.69. The fourth-order valence-corrected chi connectivity index (χ4v) is 1.87. The van der Waals surface area contributed by atoms with E-state index >= 15 is 0 Å². The molecule has 0 radical (unpaired) electrons. The molecule has 0 aliphatic heterocycles. The molecule has 8 heteroatoms. The van der Waals surface area contributed by atoms with E-state index in [0.29, 0.717) is 10.3 Å². The Hall–Kier alpha value is -1.28. The molecule has 1 aromatic rings. The molecule has 1 heterocycles. The molecule has 0 atom stereocenters. The molecule has 1 aromatic heterocycles. The van der Waals surface area contributed by atoms with E-state index in [9.17, 15) is 4.79 Å². The minimum atomic E-state index is -0.528. The van der Waals surface area contributed by atoms with Gasteiger partial charge in [0.25, 0.3) is 0 Å². The molecule has 0 N–H and O–H groups in total. The largest absolute Gasteiger partial charge is 0.452 e. The molecular weight excluding hydrogens is 272 g/mol. The quantitative estimate of drug-likeness (QED) is 0.606. The summed E-state index contributed by atoms with van der Waals surface area (Å²) in [5.41, 5.74) is 0. The average molecular weight is 286 g/mol. The summed E-state index contributed by atoms with van der Waals surface area (Å²) in [6.07, 6.45) is 4.77. The van der Waals surface area contributed by atoms with Crippen molar-refractivity contribution in [3.8, 4) is 0 Å². The molecule has 0 aromatic carbocycles. The summed E-state index contributed by atoms with van der Waals surface area (Å²) in [7, 11) is 1.31. The van der Waals surface area contributed by atoms with Crippen LogP contribution >= 0.6 is 23.5 Å². The number of hydrogen-bond donors (Lipinski definition) is 0. The highest BCUT2D eigenvalue weighted by atomic mass is 32.2. The summed E-state index contributed by atoms with van der Waals surface area (Å²) in [6.45, 7) is 3.87. The molecule has 0 saturated carbocycles. The summed E-state index contributed by atoms with van der Waals surface area (Å²) in [6, 6.07) is 0. The SMILES string of the molecule is C=CCN(C(=O)OC)c1nc(SC)nc(SC)n1. The first-order valence-electron chi connectivity index (χ1n) is 4.96. The van der Waals surface area contributed by atoms with Crippen molar-refractivity contribution in [1.29, 1.82) is 0 Å². The highest BCUT2D eigenvalue weighted by Gasteiger charge is 2.19. The molecule has 0 fully saturated rings. The van der Waals surface area contributed by atoms with E-state index in [1.165, 1.54) is 35.5 Å². The molecule has 1 amide bonds. The smallest absolute Gasteiger partial charge is 0.416 e. The maximum absolute atomic E-state index is 11.6. The number of nitrogens with zero attached hydrogens (tertiary/aromatic N) is 4. The fourth-order valence-electron chi connectivity index (χ4n) is 1.11. The molecule has 0 saturated heterocycles.